The summed E-state index contributed by atoms with van der Waals surface area (Å²) < 4.78 is 6.45. The van der Waals surface area contributed by atoms with Crippen molar-refractivity contribution in [2.24, 2.45) is 0 Å². The van der Waals surface area contributed by atoms with Gasteiger partial charge in [0.25, 0.3) is 5.56 Å². The predicted molar refractivity (Wildman–Crippen MR) is 84.2 cm³/mol. The molecule has 104 valence electrons. The molecule has 2 aromatic carbocycles. The Balaban J connectivity index is 1.95. The number of hydrogen-bond donors (Lipinski definition) is 0. The molecule has 0 fully saturated rings. The van der Waals surface area contributed by atoms with Gasteiger partial charge in [0.1, 0.15) is 5.75 Å². The highest BCUT2D eigenvalue weighted by atomic mass is 16.5. The predicted octanol–water partition coefficient (Wildman–Crippen LogP) is 3.03. The molecule has 21 heavy (non-hydrogen) atoms. The van der Waals surface area contributed by atoms with E-state index in [0.29, 0.717) is 5.39 Å². The van der Waals surface area contributed by atoms with Gasteiger partial charge >= 0.3 is 0 Å². The molecular weight excluding hydrogens is 264 g/mol. The molecule has 1 heterocycles. The standard InChI is InChI=1S/C17H14N2O2/c1-21-15-8-6-13(7-9-15)10-11-19-17(20)16-5-3-2-4-14(16)12-18-19/h2-12H,1H3. The second kappa shape index (κ2) is 5.63. The lowest BCUT2D eigenvalue weighted by atomic mass is 10.2. The second-order valence-corrected chi connectivity index (χ2v) is 4.57. The Kier molecular flexibility index (Phi) is 3.51. The van der Waals surface area contributed by atoms with Crippen molar-refractivity contribution in [2.45, 2.75) is 0 Å². The molecule has 3 rings (SSSR count). The minimum atomic E-state index is -0.127. The van der Waals surface area contributed by atoms with Gasteiger partial charge in [-0.25, -0.2) is 4.68 Å². The summed E-state index contributed by atoms with van der Waals surface area (Å²) in [5, 5.41) is 5.65. The van der Waals surface area contributed by atoms with E-state index in [2.05, 4.69) is 5.10 Å². The van der Waals surface area contributed by atoms with Crippen molar-refractivity contribution in [3.63, 3.8) is 0 Å². The number of rotatable bonds is 3. The van der Waals surface area contributed by atoms with Gasteiger partial charge in [-0.2, -0.15) is 5.10 Å². The zero-order valence-electron chi connectivity index (χ0n) is 11.6. The van der Waals surface area contributed by atoms with E-state index in [1.54, 1.807) is 25.6 Å². The van der Waals surface area contributed by atoms with Crippen LogP contribution < -0.4 is 10.3 Å². The van der Waals surface area contributed by atoms with Crippen LogP contribution in [0.15, 0.2) is 59.5 Å². The van der Waals surface area contributed by atoms with Crippen LogP contribution in [0.25, 0.3) is 23.0 Å². The first kappa shape index (κ1) is 13.1. The number of hydrogen-bond acceptors (Lipinski definition) is 3. The van der Waals surface area contributed by atoms with E-state index in [1.807, 2.05) is 48.5 Å². The Morgan fingerprint density at radius 2 is 1.86 bits per heavy atom. The van der Waals surface area contributed by atoms with E-state index < -0.39 is 0 Å². The topological polar surface area (TPSA) is 44.1 Å². The van der Waals surface area contributed by atoms with E-state index in [0.717, 1.165) is 16.7 Å². The third-order valence-corrected chi connectivity index (χ3v) is 3.24. The maximum absolute atomic E-state index is 12.3. The summed E-state index contributed by atoms with van der Waals surface area (Å²) in [5.41, 5.74) is 0.843. The molecule has 0 aliphatic rings. The Bertz CT molecular complexity index is 849. The molecule has 0 aliphatic carbocycles. The van der Waals surface area contributed by atoms with Crippen molar-refractivity contribution in [1.29, 1.82) is 0 Å². The average Bonchev–Trinajstić information content (AvgIpc) is 2.55. The molecule has 0 saturated carbocycles. The maximum atomic E-state index is 12.3. The van der Waals surface area contributed by atoms with Gasteiger partial charge in [0.05, 0.1) is 18.7 Å². The van der Waals surface area contributed by atoms with Crippen LogP contribution in [0.2, 0.25) is 0 Å². The summed E-state index contributed by atoms with van der Waals surface area (Å²) in [4.78, 5) is 12.3. The van der Waals surface area contributed by atoms with Crippen molar-refractivity contribution < 1.29 is 4.74 Å². The van der Waals surface area contributed by atoms with Gasteiger partial charge in [-0.3, -0.25) is 4.79 Å². The Morgan fingerprint density at radius 1 is 1.10 bits per heavy atom. The van der Waals surface area contributed by atoms with Gasteiger partial charge in [-0.1, -0.05) is 30.3 Å². The zero-order valence-corrected chi connectivity index (χ0v) is 11.6. The van der Waals surface area contributed by atoms with Crippen LogP contribution in [0.5, 0.6) is 5.75 Å². The van der Waals surface area contributed by atoms with Crippen LogP contribution in [0.1, 0.15) is 5.56 Å². The van der Waals surface area contributed by atoms with Crippen molar-refractivity contribution in [2.75, 3.05) is 7.11 Å². The highest BCUT2D eigenvalue weighted by Gasteiger charge is 2.00. The van der Waals surface area contributed by atoms with Gasteiger partial charge in [0.2, 0.25) is 0 Å². The normalized spacial score (nSPS) is 11.1. The van der Waals surface area contributed by atoms with Crippen LogP contribution in [-0.4, -0.2) is 16.9 Å². The third kappa shape index (κ3) is 2.69. The summed E-state index contributed by atoms with van der Waals surface area (Å²) in [5.74, 6) is 0.799. The minimum absolute atomic E-state index is 0.127. The molecule has 0 spiro atoms. The first-order chi connectivity index (χ1) is 10.3. The van der Waals surface area contributed by atoms with E-state index in [-0.39, 0.29) is 5.56 Å². The lowest BCUT2D eigenvalue weighted by molar-refractivity contribution is 0.415. The van der Waals surface area contributed by atoms with Crippen LogP contribution >= 0.6 is 0 Å². The number of methoxy groups -OCH3 is 1. The molecular formula is C17H14N2O2. The third-order valence-electron chi connectivity index (χ3n) is 3.24. The molecule has 4 nitrogen and oxygen atoms in total. The molecule has 0 atom stereocenters. The molecule has 0 amide bonds. The molecule has 4 heteroatoms. The fourth-order valence-electron chi connectivity index (χ4n) is 2.08. The number of aromatic nitrogens is 2. The zero-order chi connectivity index (χ0) is 14.7. The Hall–Kier alpha value is -2.88. The maximum Gasteiger partial charge on any atom is 0.278 e. The van der Waals surface area contributed by atoms with Gasteiger partial charge < -0.3 is 4.74 Å². The number of ether oxygens (including phenoxy) is 1. The summed E-state index contributed by atoms with van der Waals surface area (Å²) in [7, 11) is 1.63. The van der Waals surface area contributed by atoms with E-state index in [4.69, 9.17) is 4.74 Å². The molecule has 0 radical (unpaired) electrons. The SMILES string of the molecule is COc1ccc(C=Cn2ncc3ccccc3c2=O)cc1. The van der Waals surface area contributed by atoms with E-state index in [1.165, 1.54) is 4.68 Å². The summed E-state index contributed by atoms with van der Waals surface area (Å²) >= 11 is 0. The minimum Gasteiger partial charge on any atom is -0.497 e. The lowest BCUT2D eigenvalue weighted by Crippen LogP contribution is -2.17. The van der Waals surface area contributed by atoms with Gasteiger partial charge in [0.15, 0.2) is 0 Å². The fourth-order valence-corrected chi connectivity index (χ4v) is 2.08. The van der Waals surface area contributed by atoms with Gasteiger partial charge in [-0.05, 0) is 29.8 Å². The smallest absolute Gasteiger partial charge is 0.278 e. The monoisotopic (exact) mass is 278 g/mol. The highest BCUT2D eigenvalue weighted by Crippen LogP contribution is 2.12. The van der Waals surface area contributed by atoms with Crippen molar-refractivity contribution in [3.05, 3.63) is 70.6 Å². The molecule has 0 saturated heterocycles. The van der Waals surface area contributed by atoms with Gasteiger partial charge in [-0.15, -0.1) is 0 Å². The molecule has 0 N–H and O–H groups in total. The Labute approximate surface area is 121 Å². The molecule has 0 unspecified atom stereocenters. The number of nitrogens with zero attached hydrogens (tertiary/aromatic N) is 2. The van der Waals surface area contributed by atoms with Crippen LogP contribution in [0.3, 0.4) is 0 Å². The van der Waals surface area contributed by atoms with Crippen molar-refractivity contribution >= 4 is 23.0 Å². The first-order valence-electron chi connectivity index (χ1n) is 6.57. The van der Waals surface area contributed by atoms with Crippen molar-refractivity contribution in [3.8, 4) is 5.75 Å². The van der Waals surface area contributed by atoms with E-state index >= 15 is 0 Å². The van der Waals surface area contributed by atoms with Crippen LogP contribution in [0.4, 0.5) is 0 Å². The van der Waals surface area contributed by atoms with Crippen molar-refractivity contribution in [1.82, 2.24) is 9.78 Å². The van der Waals surface area contributed by atoms with Gasteiger partial charge in [0, 0.05) is 11.6 Å². The first-order valence-corrected chi connectivity index (χ1v) is 6.57. The highest BCUT2D eigenvalue weighted by molar-refractivity contribution is 5.80. The Morgan fingerprint density at radius 3 is 2.62 bits per heavy atom. The summed E-state index contributed by atoms with van der Waals surface area (Å²) in [6.45, 7) is 0. The summed E-state index contributed by atoms with van der Waals surface area (Å²) in [6.07, 6.45) is 5.19. The number of fused-ring (bicyclic) bond motifs is 1. The number of benzene rings is 2. The average molecular weight is 278 g/mol. The molecule has 1 aromatic heterocycles. The molecule has 3 aromatic rings. The summed E-state index contributed by atoms with van der Waals surface area (Å²) in [6, 6.07) is 15.0. The van der Waals surface area contributed by atoms with Crippen LogP contribution in [-0.2, 0) is 0 Å². The molecule has 0 bridgehead atoms. The molecule has 0 aliphatic heterocycles. The van der Waals surface area contributed by atoms with E-state index in [9.17, 15) is 4.79 Å². The van der Waals surface area contributed by atoms with Crippen LogP contribution in [0, 0.1) is 0 Å². The quantitative estimate of drug-likeness (QED) is 0.739. The lowest BCUT2D eigenvalue weighted by Gasteiger charge is -2.01. The fraction of sp³-hybridized carbons (Fsp3) is 0.0588. The second-order valence-electron chi connectivity index (χ2n) is 4.57. The largest absolute Gasteiger partial charge is 0.497 e.